The summed E-state index contributed by atoms with van der Waals surface area (Å²) >= 11 is 5.49. The Labute approximate surface area is 104 Å². The van der Waals surface area contributed by atoms with Crippen LogP contribution in [-0.2, 0) is 4.79 Å². The van der Waals surface area contributed by atoms with E-state index in [2.05, 4.69) is 5.32 Å². The standard InChI is InChI=1S/C12H12ClNO3/c1-7-4-12(16)14-9-5-8(10(15)6-13)2-3-11(9)17-7/h2-3,5,7H,4,6H2,1H3,(H,14,16). The first kappa shape index (κ1) is 11.9. The second kappa shape index (κ2) is 4.75. The molecule has 1 aromatic carbocycles. The van der Waals surface area contributed by atoms with Crippen LogP contribution in [0.25, 0.3) is 0 Å². The van der Waals surface area contributed by atoms with Crippen molar-refractivity contribution in [2.75, 3.05) is 11.2 Å². The molecule has 0 fully saturated rings. The number of benzene rings is 1. The van der Waals surface area contributed by atoms with Crippen molar-refractivity contribution >= 4 is 29.0 Å². The van der Waals surface area contributed by atoms with Crippen molar-refractivity contribution in [1.82, 2.24) is 0 Å². The van der Waals surface area contributed by atoms with Gasteiger partial charge >= 0.3 is 0 Å². The molecule has 1 atom stereocenters. The maximum absolute atomic E-state index is 11.5. The van der Waals surface area contributed by atoms with Gasteiger partial charge in [0.1, 0.15) is 11.9 Å². The minimum Gasteiger partial charge on any atom is -0.488 e. The van der Waals surface area contributed by atoms with E-state index in [0.717, 1.165) is 0 Å². The van der Waals surface area contributed by atoms with Crippen LogP contribution >= 0.6 is 11.6 Å². The summed E-state index contributed by atoms with van der Waals surface area (Å²) in [6.45, 7) is 1.83. The van der Waals surface area contributed by atoms with Crippen molar-refractivity contribution < 1.29 is 14.3 Å². The van der Waals surface area contributed by atoms with Crippen molar-refractivity contribution in [1.29, 1.82) is 0 Å². The van der Waals surface area contributed by atoms with Gasteiger partial charge in [0, 0.05) is 5.56 Å². The predicted octanol–water partition coefficient (Wildman–Crippen LogP) is 2.22. The van der Waals surface area contributed by atoms with Crippen LogP contribution in [0.2, 0.25) is 0 Å². The normalized spacial score (nSPS) is 18.7. The molecule has 1 aliphatic heterocycles. The van der Waals surface area contributed by atoms with Crippen LogP contribution in [0, 0.1) is 0 Å². The highest BCUT2D eigenvalue weighted by molar-refractivity contribution is 6.30. The van der Waals surface area contributed by atoms with Crippen molar-refractivity contribution in [3.8, 4) is 5.75 Å². The molecule has 0 spiro atoms. The molecule has 90 valence electrons. The van der Waals surface area contributed by atoms with E-state index in [1.807, 2.05) is 6.92 Å². The Morgan fingerprint density at radius 3 is 3.06 bits per heavy atom. The van der Waals surface area contributed by atoms with Crippen LogP contribution < -0.4 is 10.1 Å². The van der Waals surface area contributed by atoms with E-state index >= 15 is 0 Å². The van der Waals surface area contributed by atoms with E-state index < -0.39 is 0 Å². The monoisotopic (exact) mass is 253 g/mol. The van der Waals surface area contributed by atoms with Gasteiger partial charge in [-0.2, -0.15) is 0 Å². The van der Waals surface area contributed by atoms with Crippen LogP contribution in [0.4, 0.5) is 5.69 Å². The summed E-state index contributed by atoms with van der Waals surface area (Å²) in [4.78, 5) is 23.0. The fourth-order valence-electron chi connectivity index (χ4n) is 1.70. The van der Waals surface area contributed by atoms with E-state index in [-0.39, 0.29) is 23.7 Å². The fourth-order valence-corrected chi connectivity index (χ4v) is 1.86. The molecule has 0 aromatic heterocycles. The van der Waals surface area contributed by atoms with Crippen LogP contribution in [-0.4, -0.2) is 23.7 Å². The molecule has 5 heteroatoms. The van der Waals surface area contributed by atoms with Gasteiger partial charge in [-0.05, 0) is 25.1 Å². The third-order valence-corrected chi connectivity index (χ3v) is 2.74. The lowest BCUT2D eigenvalue weighted by Crippen LogP contribution is -2.17. The second-order valence-corrected chi connectivity index (χ2v) is 4.22. The Morgan fingerprint density at radius 1 is 1.59 bits per heavy atom. The summed E-state index contributed by atoms with van der Waals surface area (Å²) in [6, 6.07) is 4.92. The molecule has 0 aliphatic carbocycles. The van der Waals surface area contributed by atoms with Gasteiger partial charge in [0.05, 0.1) is 18.0 Å². The molecule has 1 N–H and O–H groups in total. The van der Waals surface area contributed by atoms with Gasteiger partial charge in [0.2, 0.25) is 5.91 Å². The molecule has 1 unspecified atom stereocenters. The minimum absolute atomic E-state index is 0.0794. The van der Waals surface area contributed by atoms with Gasteiger partial charge in [-0.25, -0.2) is 0 Å². The highest BCUT2D eigenvalue weighted by atomic mass is 35.5. The van der Waals surface area contributed by atoms with Gasteiger partial charge in [-0.15, -0.1) is 11.6 Å². The number of ether oxygens (including phenoxy) is 1. The summed E-state index contributed by atoms with van der Waals surface area (Å²) in [7, 11) is 0. The number of amides is 1. The highest BCUT2D eigenvalue weighted by Crippen LogP contribution is 2.30. The number of carbonyl (C=O) groups is 2. The van der Waals surface area contributed by atoms with Crippen molar-refractivity contribution in [3.05, 3.63) is 23.8 Å². The molecular weight excluding hydrogens is 242 g/mol. The number of halogens is 1. The number of hydrogen-bond donors (Lipinski definition) is 1. The van der Waals surface area contributed by atoms with E-state index in [9.17, 15) is 9.59 Å². The van der Waals surface area contributed by atoms with E-state index in [1.54, 1.807) is 18.2 Å². The number of alkyl halides is 1. The Kier molecular flexibility index (Phi) is 3.33. The zero-order valence-electron chi connectivity index (χ0n) is 9.33. The zero-order valence-corrected chi connectivity index (χ0v) is 10.1. The Hall–Kier alpha value is -1.55. The van der Waals surface area contributed by atoms with Crippen molar-refractivity contribution in [2.45, 2.75) is 19.4 Å². The molecular formula is C12H12ClNO3. The number of ketones is 1. The summed E-state index contributed by atoms with van der Waals surface area (Å²) in [5.41, 5.74) is 0.993. The highest BCUT2D eigenvalue weighted by Gasteiger charge is 2.20. The lowest BCUT2D eigenvalue weighted by Gasteiger charge is -2.11. The quantitative estimate of drug-likeness (QED) is 0.650. The predicted molar refractivity (Wildman–Crippen MR) is 64.8 cm³/mol. The smallest absolute Gasteiger partial charge is 0.228 e. The van der Waals surface area contributed by atoms with E-state index in [4.69, 9.17) is 16.3 Å². The van der Waals surface area contributed by atoms with Gasteiger partial charge < -0.3 is 10.1 Å². The Bertz CT molecular complexity index is 473. The maximum Gasteiger partial charge on any atom is 0.228 e. The average molecular weight is 254 g/mol. The SMILES string of the molecule is CC1CC(=O)Nc2cc(C(=O)CCl)ccc2O1. The lowest BCUT2D eigenvalue weighted by atomic mass is 10.1. The summed E-state index contributed by atoms with van der Waals surface area (Å²) in [5.74, 6) is 0.200. The first-order valence-electron chi connectivity index (χ1n) is 5.30. The number of hydrogen-bond acceptors (Lipinski definition) is 3. The van der Waals surface area contributed by atoms with Gasteiger partial charge in [-0.1, -0.05) is 0 Å². The number of anilines is 1. The van der Waals surface area contributed by atoms with Gasteiger partial charge in [0.25, 0.3) is 0 Å². The third kappa shape index (κ3) is 2.58. The molecule has 17 heavy (non-hydrogen) atoms. The Morgan fingerprint density at radius 2 is 2.35 bits per heavy atom. The number of Topliss-reactive ketones (excluding diaryl/α,β-unsaturated/α-hetero) is 1. The molecule has 1 heterocycles. The minimum atomic E-state index is -0.180. The largest absolute Gasteiger partial charge is 0.488 e. The van der Waals surface area contributed by atoms with E-state index in [0.29, 0.717) is 23.4 Å². The fraction of sp³-hybridized carbons (Fsp3) is 0.333. The van der Waals surface area contributed by atoms with Crippen LogP contribution in [0.3, 0.4) is 0 Å². The van der Waals surface area contributed by atoms with Crippen LogP contribution in [0.15, 0.2) is 18.2 Å². The summed E-state index contributed by atoms with van der Waals surface area (Å²) in [6.07, 6.45) is 0.124. The first-order chi connectivity index (χ1) is 8.10. The summed E-state index contributed by atoms with van der Waals surface area (Å²) in [5, 5.41) is 2.71. The number of rotatable bonds is 2. The molecule has 1 amide bonds. The molecule has 1 aromatic rings. The molecule has 0 bridgehead atoms. The molecule has 0 saturated carbocycles. The van der Waals surface area contributed by atoms with Crippen LogP contribution in [0.5, 0.6) is 5.75 Å². The first-order valence-corrected chi connectivity index (χ1v) is 5.83. The maximum atomic E-state index is 11.5. The molecule has 4 nitrogen and oxygen atoms in total. The summed E-state index contributed by atoms with van der Waals surface area (Å²) < 4.78 is 5.57. The number of carbonyl (C=O) groups excluding carboxylic acids is 2. The van der Waals surface area contributed by atoms with E-state index in [1.165, 1.54) is 0 Å². The topological polar surface area (TPSA) is 55.4 Å². The molecule has 2 rings (SSSR count). The van der Waals surface area contributed by atoms with Gasteiger partial charge in [-0.3, -0.25) is 9.59 Å². The number of fused-ring (bicyclic) bond motifs is 1. The lowest BCUT2D eigenvalue weighted by molar-refractivity contribution is -0.117. The van der Waals surface area contributed by atoms with Crippen molar-refractivity contribution in [2.24, 2.45) is 0 Å². The van der Waals surface area contributed by atoms with Crippen LogP contribution in [0.1, 0.15) is 23.7 Å². The average Bonchev–Trinajstić information content (AvgIpc) is 2.43. The van der Waals surface area contributed by atoms with Crippen molar-refractivity contribution in [3.63, 3.8) is 0 Å². The van der Waals surface area contributed by atoms with Gasteiger partial charge in [0.15, 0.2) is 5.78 Å². The third-order valence-electron chi connectivity index (χ3n) is 2.50. The zero-order chi connectivity index (χ0) is 12.4. The Balaban J connectivity index is 2.38. The molecule has 0 radical (unpaired) electrons. The number of nitrogens with one attached hydrogen (secondary N) is 1. The molecule has 1 aliphatic rings. The second-order valence-electron chi connectivity index (χ2n) is 3.95. The molecule has 0 saturated heterocycles.